The summed E-state index contributed by atoms with van der Waals surface area (Å²) in [5, 5.41) is 12.2. The number of thioether (sulfide) groups is 1. The SMILES string of the molecule is COc1cccc(NC(=O)C(C)Sc2nnc(C3CC3)n2-c2ccccc2)c1. The molecule has 3 aromatic rings. The van der Waals surface area contributed by atoms with Gasteiger partial charge in [0.25, 0.3) is 0 Å². The van der Waals surface area contributed by atoms with E-state index in [0.29, 0.717) is 17.4 Å². The molecule has 0 spiro atoms. The maximum Gasteiger partial charge on any atom is 0.237 e. The summed E-state index contributed by atoms with van der Waals surface area (Å²) < 4.78 is 7.29. The van der Waals surface area contributed by atoms with Crippen LogP contribution in [0, 0.1) is 0 Å². The van der Waals surface area contributed by atoms with Crippen LogP contribution < -0.4 is 10.1 Å². The summed E-state index contributed by atoms with van der Waals surface area (Å²) in [7, 11) is 1.60. The number of carbonyl (C=O) groups is 1. The van der Waals surface area contributed by atoms with Crippen molar-refractivity contribution < 1.29 is 9.53 Å². The number of para-hydroxylation sites is 1. The van der Waals surface area contributed by atoms with Crippen LogP contribution in [0.25, 0.3) is 5.69 Å². The van der Waals surface area contributed by atoms with Gasteiger partial charge in [-0.1, -0.05) is 36.0 Å². The Labute approximate surface area is 168 Å². The molecule has 1 fully saturated rings. The number of ether oxygens (including phenoxy) is 1. The van der Waals surface area contributed by atoms with E-state index in [1.165, 1.54) is 11.8 Å². The second-order valence-electron chi connectivity index (χ2n) is 6.77. The van der Waals surface area contributed by atoms with Gasteiger partial charge in [0, 0.05) is 23.4 Å². The summed E-state index contributed by atoms with van der Waals surface area (Å²) in [6, 6.07) is 17.4. The lowest BCUT2D eigenvalue weighted by atomic mass is 10.3. The molecular formula is C21H22N4O2S. The van der Waals surface area contributed by atoms with Gasteiger partial charge in [-0.25, -0.2) is 0 Å². The predicted octanol–water partition coefficient (Wildman–Crippen LogP) is 4.27. The average Bonchev–Trinajstić information content (AvgIpc) is 3.49. The highest BCUT2D eigenvalue weighted by molar-refractivity contribution is 8.00. The Bertz CT molecular complexity index is 970. The van der Waals surface area contributed by atoms with E-state index in [9.17, 15) is 4.79 Å². The lowest BCUT2D eigenvalue weighted by molar-refractivity contribution is -0.115. The summed E-state index contributed by atoms with van der Waals surface area (Å²) in [6.07, 6.45) is 2.28. The molecule has 0 radical (unpaired) electrons. The number of nitrogens with zero attached hydrogens (tertiary/aromatic N) is 3. The normalized spacial score (nSPS) is 14.5. The van der Waals surface area contributed by atoms with E-state index in [2.05, 4.69) is 20.1 Å². The molecule has 144 valence electrons. The summed E-state index contributed by atoms with van der Waals surface area (Å²) in [4.78, 5) is 12.7. The van der Waals surface area contributed by atoms with Gasteiger partial charge in [0.2, 0.25) is 5.91 Å². The van der Waals surface area contributed by atoms with Crippen LogP contribution in [0.5, 0.6) is 5.75 Å². The minimum atomic E-state index is -0.329. The monoisotopic (exact) mass is 394 g/mol. The van der Waals surface area contributed by atoms with E-state index >= 15 is 0 Å². The fraction of sp³-hybridized carbons (Fsp3) is 0.286. The summed E-state index contributed by atoms with van der Waals surface area (Å²) in [5.74, 6) is 2.06. The van der Waals surface area contributed by atoms with Crippen molar-refractivity contribution >= 4 is 23.4 Å². The fourth-order valence-electron chi connectivity index (χ4n) is 2.94. The molecule has 4 rings (SSSR count). The van der Waals surface area contributed by atoms with Gasteiger partial charge in [-0.2, -0.15) is 0 Å². The van der Waals surface area contributed by atoms with Crippen LogP contribution in [-0.4, -0.2) is 33.0 Å². The lowest BCUT2D eigenvalue weighted by Gasteiger charge is -2.14. The van der Waals surface area contributed by atoms with Gasteiger partial charge >= 0.3 is 0 Å². The van der Waals surface area contributed by atoms with Gasteiger partial charge in [0.15, 0.2) is 5.16 Å². The number of aromatic nitrogens is 3. The second-order valence-corrected chi connectivity index (χ2v) is 8.08. The first-order valence-corrected chi connectivity index (χ1v) is 10.2. The number of hydrogen-bond acceptors (Lipinski definition) is 5. The standard InChI is InChI=1S/C21H22N4O2S/c1-14(20(26)22-16-7-6-10-18(13-16)27-2)28-21-24-23-19(15-11-12-15)25(21)17-8-4-3-5-9-17/h3-10,13-15H,11-12H2,1-2H3,(H,22,26). The molecule has 1 heterocycles. The Kier molecular flexibility index (Phi) is 5.34. The summed E-state index contributed by atoms with van der Waals surface area (Å²) in [6.45, 7) is 1.88. The van der Waals surface area contributed by atoms with Crippen molar-refractivity contribution in [2.75, 3.05) is 12.4 Å². The molecule has 1 aliphatic carbocycles. The molecule has 7 heteroatoms. The molecular weight excluding hydrogens is 372 g/mol. The molecule has 1 aromatic heterocycles. The maximum atomic E-state index is 12.7. The van der Waals surface area contributed by atoms with Crippen LogP contribution in [0.1, 0.15) is 31.5 Å². The molecule has 1 aliphatic rings. The van der Waals surface area contributed by atoms with Gasteiger partial charge in [-0.15, -0.1) is 10.2 Å². The van der Waals surface area contributed by atoms with E-state index in [1.807, 2.05) is 55.5 Å². The third-order valence-corrected chi connectivity index (χ3v) is 5.65. The highest BCUT2D eigenvalue weighted by Gasteiger charge is 2.31. The van der Waals surface area contributed by atoms with Crippen molar-refractivity contribution in [2.45, 2.75) is 36.1 Å². The zero-order valence-corrected chi connectivity index (χ0v) is 16.6. The lowest BCUT2D eigenvalue weighted by Crippen LogP contribution is -2.23. The molecule has 0 bridgehead atoms. The minimum Gasteiger partial charge on any atom is -0.497 e. The van der Waals surface area contributed by atoms with Crippen molar-refractivity contribution in [1.29, 1.82) is 0 Å². The fourth-order valence-corrected chi connectivity index (χ4v) is 3.81. The number of benzene rings is 2. The number of anilines is 1. The van der Waals surface area contributed by atoms with Crippen LogP contribution in [0.4, 0.5) is 5.69 Å². The number of carbonyl (C=O) groups excluding carboxylic acids is 1. The third-order valence-electron chi connectivity index (χ3n) is 4.60. The van der Waals surface area contributed by atoms with Crippen LogP contribution >= 0.6 is 11.8 Å². The number of amides is 1. The van der Waals surface area contributed by atoms with Crippen molar-refractivity contribution in [3.8, 4) is 11.4 Å². The number of nitrogens with one attached hydrogen (secondary N) is 1. The van der Waals surface area contributed by atoms with Crippen molar-refractivity contribution in [3.05, 3.63) is 60.4 Å². The zero-order chi connectivity index (χ0) is 19.5. The number of rotatable bonds is 7. The van der Waals surface area contributed by atoms with E-state index in [0.717, 1.165) is 29.5 Å². The van der Waals surface area contributed by atoms with Crippen LogP contribution in [0.15, 0.2) is 59.8 Å². The molecule has 0 saturated heterocycles. The zero-order valence-electron chi connectivity index (χ0n) is 15.8. The molecule has 0 aliphatic heterocycles. The summed E-state index contributed by atoms with van der Waals surface area (Å²) in [5.41, 5.74) is 1.73. The Balaban J connectivity index is 1.53. The first-order valence-electron chi connectivity index (χ1n) is 9.28. The quantitative estimate of drug-likeness (QED) is 0.606. The molecule has 1 saturated carbocycles. The molecule has 2 aromatic carbocycles. The highest BCUT2D eigenvalue weighted by atomic mass is 32.2. The number of methoxy groups -OCH3 is 1. The first-order chi connectivity index (χ1) is 13.7. The Morgan fingerprint density at radius 2 is 1.96 bits per heavy atom. The van der Waals surface area contributed by atoms with Gasteiger partial charge in [0.1, 0.15) is 11.6 Å². The van der Waals surface area contributed by atoms with Gasteiger partial charge < -0.3 is 10.1 Å². The molecule has 1 unspecified atom stereocenters. The van der Waals surface area contributed by atoms with E-state index in [-0.39, 0.29) is 11.2 Å². The molecule has 1 atom stereocenters. The van der Waals surface area contributed by atoms with Crippen LogP contribution in [-0.2, 0) is 4.79 Å². The molecule has 28 heavy (non-hydrogen) atoms. The van der Waals surface area contributed by atoms with Crippen LogP contribution in [0.3, 0.4) is 0 Å². The van der Waals surface area contributed by atoms with Gasteiger partial charge in [0.05, 0.1) is 12.4 Å². The van der Waals surface area contributed by atoms with Crippen molar-refractivity contribution in [1.82, 2.24) is 14.8 Å². The Hall–Kier alpha value is -2.80. The first kappa shape index (κ1) is 18.6. The average molecular weight is 395 g/mol. The van der Waals surface area contributed by atoms with Crippen molar-refractivity contribution in [3.63, 3.8) is 0 Å². The van der Waals surface area contributed by atoms with E-state index < -0.39 is 0 Å². The molecule has 1 N–H and O–H groups in total. The maximum absolute atomic E-state index is 12.7. The van der Waals surface area contributed by atoms with E-state index in [4.69, 9.17) is 4.74 Å². The van der Waals surface area contributed by atoms with Crippen LogP contribution in [0.2, 0.25) is 0 Å². The molecule has 6 nitrogen and oxygen atoms in total. The predicted molar refractivity (Wildman–Crippen MR) is 110 cm³/mol. The van der Waals surface area contributed by atoms with E-state index in [1.54, 1.807) is 13.2 Å². The topological polar surface area (TPSA) is 69.0 Å². The highest BCUT2D eigenvalue weighted by Crippen LogP contribution is 2.41. The van der Waals surface area contributed by atoms with Gasteiger partial charge in [-0.05, 0) is 44.0 Å². The second kappa shape index (κ2) is 8.06. The third kappa shape index (κ3) is 4.04. The Morgan fingerprint density at radius 1 is 1.18 bits per heavy atom. The summed E-state index contributed by atoms with van der Waals surface area (Å²) >= 11 is 1.41. The minimum absolute atomic E-state index is 0.0890. The molecule has 1 amide bonds. The van der Waals surface area contributed by atoms with Crippen molar-refractivity contribution in [2.24, 2.45) is 0 Å². The Morgan fingerprint density at radius 3 is 2.68 bits per heavy atom. The smallest absolute Gasteiger partial charge is 0.237 e. The van der Waals surface area contributed by atoms with Gasteiger partial charge in [-0.3, -0.25) is 9.36 Å². The number of hydrogen-bond donors (Lipinski definition) is 1. The largest absolute Gasteiger partial charge is 0.497 e.